The van der Waals surface area contributed by atoms with Crippen LogP contribution in [0.2, 0.25) is 0 Å². The predicted octanol–water partition coefficient (Wildman–Crippen LogP) is 6.03. The first-order chi connectivity index (χ1) is 45.1. The molecule has 0 saturated heterocycles. The maximum absolute atomic E-state index is 6.48. The molecule has 0 atom stereocenters. The fourth-order valence-electron chi connectivity index (χ4n) is 8.73. The summed E-state index contributed by atoms with van der Waals surface area (Å²) in [6.45, 7) is 31.8. The molecular weight excluding hydrogens is 1190 g/mol. The third-order valence-corrected chi connectivity index (χ3v) is 13.2. The molecule has 0 saturated carbocycles. The summed E-state index contributed by atoms with van der Waals surface area (Å²) >= 11 is 0. The van der Waals surface area contributed by atoms with Gasteiger partial charge in [-0.3, -0.25) is 0 Å². The van der Waals surface area contributed by atoms with E-state index in [0.717, 1.165) is 12.8 Å². The molecule has 2 aromatic rings. The van der Waals surface area contributed by atoms with E-state index >= 15 is 0 Å². The second-order valence-electron chi connectivity index (χ2n) is 20.2. The monoisotopic (exact) mass is 1310 g/mol. The highest BCUT2D eigenvalue weighted by molar-refractivity contribution is 5.81. The van der Waals surface area contributed by atoms with Crippen LogP contribution in [-0.2, 0) is 119 Å². The van der Waals surface area contributed by atoms with Crippen LogP contribution in [0.5, 0.6) is 0 Å². The largest absolute Gasteiger partial charge is 0.382 e. The molecule has 91 heavy (non-hydrogen) atoms. The van der Waals surface area contributed by atoms with Crippen LogP contribution in [0.1, 0.15) is 48.9 Å². The van der Waals surface area contributed by atoms with Gasteiger partial charge in [0.25, 0.3) is 0 Å². The normalized spacial score (nSPS) is 12.5. The molecule has 0 spiro atoms. The van der Waals surface area contributed by atoms with E-state index in [0.29, 0.717) is 304 Å². The molecule has 2 aromatic carbocycles. The van der Waals surface area contributed by atoms with Crippen molar-refractivity contribution in [1.29, 1.82) is 0 Å². The molecule has 0 bridgehead atoms. The van der Waals surface area contributed by atoms with Crippen molar-refractivity contribution in [1.82, 2.24) is 0 Å². The standard InChI is InChI=1S/C65H114O24.C2H6/c1-59-6-8-61-62-9-7-60(2)57-64(62)65(63(61)56-59,58-89-55-54-88-53-52-87-51-50-86-49-48-85-47-46-84-45-43-82-39-37-79-33-31-76-27-25-73-21-19-70-15-13-67-4)10-5-11-68-16-17-71-22-23-74-28-29-77-34-35-80-40-41-83-44-42-81-38-36-78-32-30-75-26-24-72-20-18-69-14-12-66-3;1-2/h6-9,56-57H,5,10-55,58H2,1-4H3;1-2H3. The maximum atomic E-state index is 6.48. The number of hydrogen-bond donors (Lipinski definition) is 0. The van der Waals surface area contributed by atoms with E-state index in [1.165, 1.54) is 33.4 Å². The molecule has 24 nitrogen and oxygen atoms in total. The molecule has 1 aliphatic rings. The number of methoxy groups -OCH3 is 2. The highest BCUT2D eigenvalue weighted by Gasteiger charge is 2.43. The Bertz CT molecular complexity index is 1770. The number of ether oxygens (including phenoxy) is 24. The number of rotatable bonds is 72. The minimum absolute atomic E-state index is 0.305. The quantitative estimate of drug-likeness (QED) is 0.0690. The summed E-state index contributed by atoms with van der Waals surface area (Å²) in [5, 5.41) is 0. The lowest BCUT2D eigenvalue weighted by molar-refractivity contribution is -0.0286. The highest BCUT2D eigenvalue weighted by atomic mass is 16.6. The molecule has 0 aromatic heterocycles. The van der Waals surface area contributed by atoms with Crippen molar-refractivity contribution in [2.24, 2.45) is 0 Å². The number of benzene rings is 2. The summed E-state index contributed by atoms with van der Waals surface area (Å²) in [4.78, 5) is 0. The maximum Gasteiger partial charge on any atom is 0.0701 e. The molecule has 0 fully saturated rings. The van der Waals surface area contributed by atoms with Crippen molar-refractivity contribution in [2.45, 2.75) is 46.0 Å². The van der Waals surface area contributed by atoms with Crippen molar-refractivity contribution >= 4 is 0 Å². The number of hydrogen-bond acceptors (Lipinski definition) is 24. The Morgan fingerprint density at radius 1 is 0.231 bits per heavy atom. The molecular formula is C67H120O24. The number of fused-ring (bicyclic) bond motifs is 3. The van der Waals surface area contributed by atoms with Crippen LogP contribution in [0.4, 0.5) is 0 Å². The SMILES string of the molecule is CC.COCCOCCOCCOCCOCCOCCOCCOCCOCCOCCOCCOCCCC1(COCCOCCOCCOCCOCCOCCOCCOCCOCCOCCOCCOC)c2cc(C)ccc2-c2ccc(C)cc21. The summed E-state index contributed by atoms with van der Waals surface area (Å²) in [7, 11) is 3.29. The zero-order valence-corrected chi connectivity index (χ0v) is 56.7. The van der Waals surface area contributed by atoms with Gasteiger partial charge in [-0.15, -0.1) is 0 Å². The van der Waals surface area contributed by atoms with E-state index in [1.54, 1.807) is 14.2 Å². The smallest absolute Gasteiger partial charge is 0.0701 e. The van der Waals surface area contributed by atoms with E-state index in [2.05, 4.69) is 50.2 Å². The van der Waals surface area contributed by atoms with Gasteiger partial charge < -0.3 is 114 Å². The van der Waals surface area contributed by atoms with Gasteiger partial charge in [-0.25, -0.2) is 0 Å². The van der Waals surface area contributed by atoms with Gasteiger partial charge in [0.1, 0.15) is 0 Å². The molecule has 1 aliphatic carbocycles. The van der Waals surface area contributed by atoms with Crippen LogP contribution >= 0.6 is 0 Å². The van der Waals surface area contributed by atoms with Crippen molar-refractivity contribution in [3.63, 3.8) is 0 Å². The first-order valence-electron chi connectivity index (χ1n) is 33.0. The van der Waals surface area contributed by atoms with Crippen molar-refractivity contribution in [3.8, 4) is 11.1 Å². The number of aryl methyl sites for hydroxylation is 2. The molecule has 24 heteroatoms. The van der Waals surface area contributed by atoms with Crippen LogP contribution in [0.25, 0.3) is 11.1 Å². The Morgan fingerprint density at radius 2 is 0.407 bits per heavy atom. The average Bonchev–Trinajstić information content (AvgIpc) is 1.59. The second-order valence-corrected chi connectivity index (χ2v) is 20.2. The summed E-state index contributed by atoms with van der Waals surface area (Å²) in [5.74, 6) is 0. The average molecular weight is 1310 g/mol. The Labute approximate surface area is 545 Å². The Balaban J connectivity index is 0.0000140. The van der Waals surface area contributed by atoms with Crippen LogP contribution < -0.4 is 0 Å². The fraction of sp³-hybridized carbons (Fsp3) is 0.821. The Hall–Kier alpha value is -2.52. The van der Waals surface area contributed by atoms with Gasteiger partial charge in [0.15, 0.2) is 0 Å². The molecule has 0 unspecified atom stereocenters. The van der Waals surface area contributed by atoms with Crippen LogP contribution in [-0.4, -0.2) is 318 Å². The van der Waals surface area contributed by atoms with Crippen molar-refractivity contribution in [2.75, 3.05) is 318 Å². The van der Waals surface area contributed by atoms with Crippen LogP contribution in [0.3, 0.4) is 0 Å². The van der Waals surface area contributed by atoms with E-state index in [1.807, 2.05) is 13.8 Å². The first kappa shape index (κ1) is 84.6. The van der Waals surface area contributed by atoms with Gasteiger partial charge in [0, 0.05) is 26.2 Å². The fourth-order valence-corrected chi connectivity index (χ4v) is 8.73. The van der Waals surface area contributed by atoms with Gasteiger partial charge >= 0.3 is 0 Å². The molecule has 0 heterocycles. The predicted molar refractivity (Wildman–Crippen MR) is 344 cm³/mol. The molecule has 0 amide bonds. The minimum Gasteiger partial charge on any atom is -0.382 e. The van der Waals surface area contributed by atoms with Crippen LogP contribution in [0, 0.1) is 13.8 Å². The summed E-state index contributed by atoms with van der Waals surface area (Å²) in [5.41, 5.74) is 7.33. The summed E-state index contributed by atoms with van der Waals surface area (Å²) < 4.78 is 134. The van der Waals surface area contributed by atoms with E-state index in [-0.39, 0.29) is 5.41 Å². The lowest BCUT2D eigenvalue weighted by Gasteiger charge is -2.32. The molecule has 0 aliphatic heterocycles. The third kappa shape index (κ3) is 47.9. The lowest BCUT2D eigenvalue weighted by atomic mass is 9.74. The zero-order valence-electron chi connectivity index (χ0n) is 56.7. The Kier molecular flexibility index (Phi) is 61.4. The van der Waals surface area contributed by atoms with Crippen molar-refractivity contribution < 1.29 is 114 Å². The highest BCUT2D eigenvalue weighted by Crippen LogP contribution is 2.52. The second kappa shape index (κ2) is 66.1. The van der Waals surface area contributed by atoms with Gasteiger partial charge in [-0.1, -0.05) is 61.4 Å². The molecule has 3 rings (SSSR count). The third-order valence-electron chi connectivity index (χ3n) is 13.2. The van der Waals surface area contributed by atoms with Gasteiger partial charge in [0.05, 0.1) is 297 Å². The first-order valence-corrected chi connectivity index (χ1v) is 33.0. The molecule has 0 radical (unpaired) electrons. The summed E-state index contributed by atoms with van der Waals surface area (Å²) in [6.07, 6.45) is 1.74. The lowest BCUT2D eigenvalue weighted by Crippen LogP contribution is -2.33. The molecule has 532 valence electrons. The van der Waals surface area contributed by atoms with Crippen molar-refractivity contribution in [3.05, 3.63) is 58.7 Å². The topological polar surface area (TPSA) is 222 Å². The van der Waals surface area contributed by atoms with Gasteiger partial charge in [-0.2, -0.15) is 0 Å². The summed E-state index contributed by atoms with van der Waals surface area (Å²) in [6, 6.07) is 13.6. The van der Waals surface area contributed by atoms with Gasteiger partial charge in [0.2, 0.25) is 0 Å². The van der Waals surface area contributed by atoms with E-state index in [9.17, 15) is 0 Å². The minimum atomic E-state index is -0.305. The zero-order chi connectivity index (χ0) is 65.1. The Morgan fingerprint density at radius 3 is 0.604 bits per heavy atom. The van der Waals surface area contributed by atoms with Gasteiger partial charge in [-0.05, 0) is 48.9 Å². The van der Waals surface area contributed by atoms with E-state index in [4.69, 9.17) is 114 Å². The molecule has 0 N–H and O–H groups in total. The van der Waals surface area contributed by atoms with Crippen LogP contribution in [0.15, 0.2) is 36.4 Å². The van der Waals surface area contributed by atoms with E-state index < -0.39 is 0 Å².